The highest BCUT2D eigenvalue weighted by molar-refractivity contribution is 6.11. The van der Waals surface area contributed by atoms with Crippen LogP contribution >= 0.6 is 0 Å². The fourth-order valence-electron chi connectivity index (χ4n) is 10.7. The number of fused-ring (bicyclic) bond motifs is 10. The molecule has 0 spiro atoms. The number of methoxy groups -OCH3 is 2. The van der Waals surface area contributed by atoms with E-state index in [1.165, 1.54) is 0 Å². The first-order chi connectivity index (χ1) is 35.6. The average molecular weight is 927 g/mol. The SMILES string of the molecule is COc1ccc(OC)c(-c2cccc3cccc(-c4ccc(-c5cccc6cccc(-c7c8nc(c(-c9ccccc9)c9ccc(cc%10nc(c(-c%11ccccc%11)c%11ccc7[nH]%11)C=C%10)[nH]9)C=C8)c56)cc4)c23)c1. The topological polar surface area (TPSA) is 75.8 Å². The van der Waals surface area contributed by atoms with Crippen LogP contribution in [0, 0.1) is 0 Å². The summed E-state index contributed by atoms with van der Waals surface area (Å²) < 4.78 is 11.6. The molecule has 2 aliphatic rings. The van der Waals surface area contributed by atoms with Gasteiger partial charge < -0.3 is 19.4 Å². The molecule has 0 amide bonds. The van der Waals surface area contributed by atoms with Crippen LogP contribution in [0.1, 0.15) is 22.8 Å². The van der Waals surface area contributed by atoms with Crippen molar-refractivity contribution in [3.63, 3.8) is 0 Å². The van der Waals surface area contributed by atoms with E-state index in [9.17, 15) is 0 Å². The number of nitrogens with one attached hydrogen (secondary N) is 2. The minimum atomic E-state index is 0.777. The van der Waals surface area contributed by atoms with E-state index in [2.05, 4.69) is 228 Å². The van der Waals surface area contributed by atoms with Crippen LogP contribution < -0.4 is 9.47 Å². The van der Waals surface area contributed by atoms with E-state index in [0.29, 0.717) is 0 Å². The van der Waals surface area contributed by atoms with Crippen LogP contribution in [0.25, 0.3) is 135 Å². The van der Waals surface area contributed by atoms with Crippen molar-refractivity contribution in [3.8, 4) is 78.3 Å². The molecule has 0 aliphatic carbocycles. The lowest BCUT2D eigenvalue weighted by atomic mass is 9.89. The zero-order chi connectivity index (χ0) is 48.1. The molecule has 0 saturated carbocycles. The Morgan fingerprint density at radius 3 is 1.47 bits per heavy atom. The number of nitrogens with zero attached hydrogens (tertiary/aromatic N) is 2. The van der Waals surface area contributed by atoms with Gasteiger partial charge in [-0.3, -0.25) is 0 Å². The van der Waals surface area contributed by atoms with Crippen molar-refractivity contribution in [2.24, 2.45) is 0 Å². The number of aromatic amines is 2. The van der Waals surface area contributed by atoms with Crippen LogP contribution in [0.4, 0.5) is 0 Å². The summed E-state index contributed by atoms with van der Waals surface area (Å²) in [6, 6.07) is 73.0. The maximum Gasteiger partial charge on any atom is 0.126 e. The molecule has 0 unspecified atom stereocenters. The third-order valence-electron chi connectivity index (χ3n) is 14.0. The van der Waals surface area contributed by atoms with Gasteiger partial charge in [0.1, 0.15) is 11.5 Å². The van der Waals surface area contributed by atoms with Crippen LogP contribution in [0.2, 0.25) is 0 Å². The van der Waals surface area contributed by atoms with Crippen LogP contribution in [0.3, 0.4) is 0 Å². The Kier molecular flexibility index (Phi) is 10.5. The number of aromatic nitrogens is 4. The van der Waals surface area contributed by atoms with Crippen molar-refractivity contribution in [1.29, 1.82) is 0 Å². The molecule has 0 radical (unpaired) electrons. The van der Waals surface area contributed by atoms with Gasteiger partial charge in [0.25, 0.3) is 0 Å². The molecule has 8 bridgehead atoms. The standard InChI is InChI=1S/C66H46N4O2/c1-71-49-31-38-61(72-2)54(40-49)52-23-11-19-43-17-9-21-50(62(43)52)41-25-27-42(28-26-41)51-22-10-18-44-20-12-24-53(63(44)51)66-59-36-34-57(69-59)64(45-13-5-3-6-14-45)55-32-29-47(67-55)39-48-30-33-56(68-48)65(46-15-7-4-8-16-46)58-35-37-60(66)70-58/h3-40,67,70H,1-2H3. The third-order valence-corrected chi connectivity index (χ3v) is 14.0. The van der Waals surface area contributed by atoms with Gasteiger partial charge in [-0.15, -0.1) is 0 Å². The fourth-order valence-corrected chi connectivity index (χ4v) is 10.7. The highest BCUT2D eigenvalue weighted by Gasteiger charge is 2.21. The molecule has 72 heavy (non-hydrogen) atoms. The summed E-state index contributed by atoms with van der Waals surface area (Å²) in [5.74, 6) is 1.57. The molecular weight excluding hydrogens is 881 g/mol. The molecule has 13 rings (SSSR count). The van der Waals surface area contributed by atoms with Gasteiger partial charge in [0.05, 0.1) is 37.0 Å². The van der Waals surface area contributed by atoms with Crippen molar-refractivity contribution in [1.82, 2.24) is 19.9 Å². The fraction of sp³-hybridized carbons (Fsp3) is 0.0303. The van der Waals surface area contributed by atoms with E-state index in [1.54, 1.807) is 14.2 Å². The molecule has 5 heterocycles. The molecule has 11 aromatic rings. The van der Waals surface area contributed by atoms with Gasteiger partial charge in [0.15, 0.2) is 0 Å². The molecule has 0 atom stereocenters. The minimum absolute atomic E-state index is 0.777. The molecule has 6 heteroatoms. The van der Waals surface area contributed by atoms with Gasteiger partial charge in [0.2, 0.25) is 0 Å². The molecule has 342 valence electrons. The van der Waals surface area contributed by atoms with Crippen LogP contribution in [-0.4, -0.2) is 34.2 Å². The summed E-state index contributed by atoms with van der Waals surface area (Å²) in [6.45, 7) is 0. The lowest BCUT2D eigenvalue weighted by Gasteiger charge is -2.16. The van der Waals surface area contributed by atoms with Gasteiger partial charge >= 0.3 is 0 Å². The molecule has 0 saturated heterocycles. The van der Waals surface area contributed by atoms with E-state index < -0.39 is 0 Å². The Labute approximate surface area is 416 Å². The molecule has 6 nitrogen and oxygen atoms in total. The number of rotatable bonds is 8. The smallest absolute Gasteiger partial charge is 0.126 e. The van der Waals surface area contributed by atoms with Crippen molar-refractivity contribution in [3.05, 3.63) is 229 Å². The zero-order valence-electron chi connectivity index (χ0n) is 39.7. The zero-order valence-corrected chi connectivity index (χ0v) is 39.7. The molecule has 0 fully saturated rings. The minimum Gasteiger partial charge on any atom is -0.497 e. The second-order valence-electron chi connectivity index (χ2n) is 18.1. The predicted octanol–water partition coefficient (Wildman–Crippen LogP) is 17.0. The van der Waals surface area contributed by atoms with Crippen molar-refractivity contribution < 1.29 is 9.47 Å². The molecule has 2 N–H and O–H groups in total. The normalized spacial score (nSPS) is 11.9. The Balaban J connectivity index is 1.04. The molecule has 8 aromatic carbocycles. The number of hydrogen-bond donors (Lipinski definition) is 2. The van der Waals surface area contributed by atoms with Crippen LogP contribution in [-0.2, 0) is 0 Å². The summed E-state index contributed by atoms with van der Waals surface area (Å²) in [4.78, 5) is 18.5. The summed E-state index contributed by atoms with van der Waals surface area (Å²) in [5, 5.41) is 4.58. The first kappa shape index (κ1) is 42.6. The number of benzene rings is 8. The van der Waals surface area contributed by atoms with Gasteiger partial charge in [-0.05, 0) is 139 Å². The van der Waals surface area contributed by atoms with E-state index in [4.69, 9.17) is 19.4 Å². The second kappa shape index (κ2) is 17.8. The number of H-pyrrole nitrogens is 2. The van der Waals surface area contributed by atoms with Gasteiger partial charge in [0, 0.05) is 44.3 Å². The highest BCUT2D eigenvalue weighted by atomic mass is 16.5. The second-order valence-corrected chi connectivity index (χ2v) is 18.1. The van der Waals surface area contributed by atoms with E-state index in [-0.39, 0.29) is 0 Å². The lowest BCUT2D eigenvalue weighted by Crippen LogP contribution is -1.92. The molecule has 3 aromatic heterocycles. The number of ether oxygens (including phenoxy) is 2. The van der Waals surface area contributed by atoms with E-state index in [0.717, 1.165) is 145 Å². The van der Waals surface area contributed by atoms with E-state index in [1.807, 2.05) is 12.1 Å². The van der Waals surface area contributed by atoms with E-state index >= 15 is 0 Å². The Bertz CT molecular complexity index is 4120. The predicted molar refractivity (Wildman–Crippen MR) is 300 cm³/mol. The quantitative estimate of drug-likeness (QED) is 0.159. The van der Waals surface area contributed by atoms with Crippen molar-refractivity contribution in [2.75, 3.05) is 14.2 Å². The van der Waals surface area contributed by atoms with Crippen molar-refractivity contribution in [2.45, 2.75) is 0 Å². The van der Waals surface area contributed by atoms with Gasteiger partial charge in [-0.1, -0.05) is 158 Å². The summed E-state index contributed by atoms with van der Waals surface area (Å²) >= 11 is 0. The third kappa shape index (κ3) is 7.45. The highest BCUT2D eigenvalue weighted by Crippen LogP contribution is 2.44. The molecular formula is C66H46N4O2. The van der Waals surface area contributed by atoms with Crippen LogP contribution in [0.15, 0.2) is 206 Å². The monoisotopic (exact) mass is 926 g/mol. The van der Waals surface area contributed by atoms with Crippen LogP contribution in [0.5, 0.6) is 11.5 Å². The maximum absolute atomic E-state index is 5.90. The average Bonchev–Trinajstić information content (AvgIpc) is 4.30. The Hall–Kier alpha value is -9.52. The summed E-state index contributed by atoms with van der Waals surface area (Å²) in [5.41, 5.74) is 20.2. The summed E-state index contributed by atoms with van der Waals surface area (Å²) in [6.07, 6.45) is 8.54. The maximum atomic E-state index is 5.90. The van der Waals surface area contributed by atoms with Gasteiger partial charge in [-0.25, -0.2) is 9.97 Å². The van der Waals surface area contributed by atoms with Gasteiger partial charge in [-0.2, -0.15) is 0 Å². The number of hydrogen-bond acceptors (Lipinski definition) is 4. The van der Waals surface area contributed by atoms with Crippen molar-refractivity contribution >= 4 is 67.9 Å². The molecule has 2 aliphatic heterocycles. The first-order valence-corrected chi connectivity index (χ1v) is 24.2. The Morgan fingerprint density at radius 2 is 0.861 bits per heavy atom. The largest absolute Gasteiger partial charge is 0.497 e. The summed E-state index contributed by atoms with van der Waals surface area (Å²) in [7, 11) is 3.41. The Morgan fingerprint density at radius 1 is 0.347 bits per heavy atom. The lowest BCUT2D eigenvalue weighted by molar-refractivity contribution is 0.404. The first-order valence-electron chi connectivity index (χ1n) is 24.2.